The van der Waals surface area contributed by atoms with E-state index in [-0.39, 0.29) is 6.04 Å². The average molecular weight is 361 g/mol. The van der Waals surface area contributed by atoms with Crippen molar-refractivity contribution in [2.75, 3.05) is 7.05 Å². The van der Waals surface area contributed by atoms with Gasteiger partial charge >= 0.3 is 0 Å². The van der Waals surface area contributed by atoms with E-state index in [4.69, 9.17) is 0 Å². The van der Waals surface area contributed by atoms with Gasteiger partial charge in [0.1, 0.15) is 5.01 Å². The van der Waals surface area contributed by atoms with Crippen LogP contribution in [-0.4, -0.2) is 24.8 Å². The molecule has 0 unspecified atom stereocenters. The molecule has 24 heavy (non-hydrogen) atoms. The van der Waals surface area contributed by atoms with Crippen LogP contribution in [0.2, 0.25) is 0 Å². The van der Waals surface area contributed by atoms with Gasteiger partial charge in [0.15, 0.2) is 0 Å². The molecule has 0 N–H and O–H groups in total. The van der Waals surface area contributed by atoms with E-state index < -0.39 is 10.0 Å². The van der Waals surface area contributed by atoms with Gasteiger partial charge in [-0.2, -0.15) is 4.31 Å². The highest BCUT2D eigenvalue weighted by Gasteiger charge is 2.29. The molecule has 6 heteroatoms. The number of benzene rings is 2. The molecule has 0 saturated heterocycles. The van der Waals surface area contributed by atoms with Crippen molar-refractivity contribution in [2.45, 2.75) is 31.7 Å². The Labute approximate surface area is 146 Å². The third-order valence-electron chi connectivity index (χ3n) is 4.20. The first-order valence-electron chi connectivity index (χ1n) is 7.71. The Morgan fingerprint density at radius 1 is 1.12 bits per heavy atom. The van der Waals surface area contributed by atoms with Crippen molar-refractivity contribution < 1.29 is 8.42 Å². The largest absolute Gasteiger partial charge is 0.243 e. The van der Waals surface area contributed by atoms with Gasteiger partial charge in [0, 0.05) is 7.05 Å². The molecule has 0 aliphatic rings. The third kappa shape index (κ3) is 2.97. The van der Waals surface area contributed by atoms with Gasteiger partial charge in [-0.05, 0) is 44.5 Å². The van der Waals surface area contributed by atoms with Crippen molar-refractivity contribution in [1.29, 1.82) is 0 Å². The Bertz CT molecular complexity index is 960. The fourth-order valence-electron chi connectivity index (χ4n) is 2.68. The van der Waals surface area contributed by atoms with Crippen molar-refractivity contribution in [2.24, 2.45) is 0 Å². The fraction of sp³-hybridized carbons (Fsp3) is 0.278. The molecule has 3 rings (SSSR count). The first-order chi connectivity index (χ1) is 11.3. The van der Waals surface area contributed by atoms with E-state index in [0.29, 0.717) is 4.90 Å². The van der Waals surface area contributed by atoms with Gasteiger partial charge in [-0.3, -0.25) is 0 Å². The predicted molar refractivity (Wildman–Crippen MR) is 98.9 cm³/mol. The van der Waals surface area contributed by atoms with Gasteiger partial charge in [-0.1, -0.05) is 29.8 Å². The number of hydrogen-bond donors (Lipinski definition) is 0. The number of fused-ring (bicyclic) bond motifs is 1. The zero-order valence-corrected chi connectivity index (χ0v) is 15.8. The van der Waals surface area contributed by atoms with Crippen LogP contribution in [0.3, 0.4) is 0 Å². The summed E-state index contributed by atoms with van der Waals surface area (Å²) >= 11 is 1.53. The maximum absolute atomic E-state index is 13.0. The monoisotopic (exact) mass is 360 g/mol. The molecule has 0 aliphatic heterocycles. The minimum Gasteiger partial charge on any atom is -0.239 e. The van der Waals surface area contributed by atoms with E-state index >= 15 is 0 Å². The molecule has 126 valence electrons. The second kappa shape index (κ2) is 6.27. The molecule has 1 heterocycles. The van der Waals surface area contributed by atoms with Crippen LogP contribution in [0.1, 0.15) is 29.1 Å². The summed E-state index contributed by atoms with van der Waals surface area (Å²) in [6.07, 6.45) is 0. The van der Waals surface area contributed by atoms with Crippen LogP contribution in [0.4, 0.5) is 0 Å². The summed E-state index contributed by atoms with van der Waals surface area (Å²) in [5.74, 6) is 0. The molecule has 3 aromatic rings. The Kier molecular flexibility index (Phi) is 4.46. The molecule has 0 bridgehead atoms. The summed E-state index contributed by atoms with van der Waals surface area (Å²) in [6.45, 7) is 5.66. The molecule has 0 radical (unpaired) electrons. The lowest BCUT2D eigenvalue weighted by atomic mass is 10.2. The highest BCUT2D eigenvalue weighted by atomic mass is 32.2. The Hall–Kier alpha value is -1.76. The molecular formula is C18H20N2O2S2. The molecule has 4 nitrogen and oxygen atoms in total. The summed E-state index contributed by atoms with van der Waals surface area (Å²) < 4.78 is 28.5. The number of thiazole rings is 1. The molecule has 0 saturated carbocycles. The number of para-hydroxylation sites is 1. The fourth-order valence-corrected chi connectivity index (χ4v) is 5.34. The molecule has 1 aromatic heterocycles. The van der Waals surface area contributed by atoms with Crippen LogP contribution in [0.15, 0.2) is 47.4 Å². The SMILES string of the molecule is Cc1ccc(S(=O)(=O)N(C)[C@@H](C)c2nc3ccccc3s2)c(C)c1. The Morgan fingerprint density at radius 3 is 2.50 bits per heavy atom. The normalized spacial score (nSPS) is 13.5. The van der Waals surface area contributed by atoms with Crippen LogP contribution in [0, 0.1) is 13.8 Å². The van der Waals surface area contributed by atoms with Crippen molar-refractivity contribution >= 4 is 31.6 Å². The van der Waals surface area contributed by atoms with Crippen LogP contribution in [0.5, 0.6) is 0 Å². The highest BCUT2D eigenvalue weighted by Crippen LogP contribution is 2.32. The zero-order valence-electron chi connectivity index (χ0n) is 14.1. The van der Waals surface area contributed by atoms with Crippen molar-refractivity contribution in [1.82, 2.24) is 9.29 Å². The van der Waals surface area contributed by atoms with Gasteiger partial charge in [-0.25, -0.2) is 13.4 Å². The maximum atomic E-state index is 13.0. The molecule has 1 atom stereocenters. The summed E-state index contributed by atoms with van der Waals surface area (Å²) in [4.78, 5) is 4.94. The first kappa shape index (κ1) is 17.1. The highest BCUT2D eigenvalue weighted by molar-refractivity contribution is 7.89. The lowest BCUT2D eigenvalue weighted by Gasteiger charge is -2.23. The van der Waals surface area contributed by atoms with E-state index in [9.17, 15) is 8.42 Å². The topological polar surface area (TPSA) is 50.3 Å². The van der Waals surface area contributed by atoms with E-state index in [1.54, 1.807) is 13.1 Å². The second-order valence-corrected chi connectivity index (χ2v) is 9.01. The first-order valence-corrected chi connectivity index (χ1v) is 9.97. The van der Waals surface area contributed by atoms with Gasteiger partial charge in [0.25, 0.3) is 0 Å². The van der Waals surface area contributed by atoms with E-state index in [1.165, 1.54) is 15.6 Å². The standard InChI is InChI=1S/C18H20N2O2S2/c1-12-9-10-17(13(2)11-12)24(21,22)20(4)14(3)18-19-15-7-5-6-8-16(15)23-18/h5-11,14H,1-4H3/t14-/m0/s1. The number of nitrogens with zero attached hydrogens (tertiary/aromatic N) is 2. The molecule has 0 aliphatic carbocycles. The van der Waals surface area contributed by atoms with Crippen molar-refractivity contribution in [3.63, 3.8) is 0 Å². The molecule has 0 amide bonds. The lowest BCUT2D eigenvalue weighted by Crippen LogP contribution is -2.30. The zero-order chi connectivity index (χ0) is 17.5. The Morgan fingerprint density at radius 2 is 1.83 bits per heavy atom. The van der Waals surface area contributed by atoms with Gasteiger partial charge < -0.3 is 0 Å². The van der Waals surface area contributed by atoms with Crippen LogP contribution >= 0.6 is 11.3 Å². The van der Waals surface area contributed by atoms with Gasteiger partial charge in [0.05, 0.1) is 21.2 Å². The smallest absolute Gasteiger partial charge is 0.239 e. The molecule has 0 spiro atoms. The van der Waals surface area contributed by atoms with Gasteiger partial charge in [-0.15, -0.1) is 11.3 Å². The quantitative estimate of drug-likeness (QED) is 0.697. The number of hydrogen-bond acceptors (Lipinski definition) is 4. The lowest BCUT2D eigenvalue weighted by molar-refractivity contribution is 0.397. The summed E-state index contributed by atoms with van der Waals surface area (Å²) in [5.41, 5.74) is 2.72. The van der Waals surface area contributed by atoms with E-state index in [1.807, 2.05) is 57.2 Å². The van der Waals surface area contributed by atoms with Gasteiger partial charge in [0.2, 0.25) is 10.0 Å². The number of aryl methyl sites for hydroxylation is 2. The van der Waals surface area contributed by atoms with Crippen molar-refractivity contribution in [3.05, 3.63) is 58.6 Å². The number of sulfonamides is 1. The summed E-state index contributed by atoms with van der Waals surface area (Å²) in [6, 6.07) is 12.9. The number of rotatable bonds is 4. The van der Waals surface area contributed by atoms with E-state index in [0.717, 1.165) is 26.4 Å². The maximum Gasteiger partial charge on any atom is 0.243 e. The number of aromatic nitrogens is 1. The average Bonchev–Trinajstić information content (AvgIpc) is 2.97. The predicted octanol–water partition coefficient (Wildman–Crippen LogP) is 4.29. The summed E-state index contributed by atoms with van der Waals surface area (Å²) in [7, 11) is -1.95. The third-order valence-corrected chi connectivity index (χ3v) is 7.50. The second-order valence-electron chi connectivity index (χ2n) is 5.99. The minimum atomic E-state index is -3.57. The van der Waals surface area contributed by atoms with E-state index in [2.05, 4.69) is 4.98 Å². The Balaban J connectivity index is 1.98. The van der Waals surface area contributed by atoms with Crippen LogP contribution in [-0.2, 0) is 10.0 Å². The van der Waals surface area contributed by atoms with Crippen LogP contribution in [0.25, 0.3) is 10.2 Å². The van der Waals surface area contributed by atoms with Crippen molar-refractivity contribution in [3.8, 4) is 0 Å². The molecule has 2 aromatic carbocycles. The van der Waals surface area contributed by atoms with Crippen LogP contribution < -0.4 is 0 Å². The minimum absolute atomic E-state index is 0.326. The molecular weight excluding hydrogens is 340 g/mol. The molecule has 0 fully saturated rings. The summed E-state index contributed by atoms with van der Waals surface area (Å²) in [5, 5.41) is 0.798.